The van der Waals surface area contributed by atoms with Crippen LogP contribution in [0.1, 0.15) is 146 Å². The first-order valence-corrected chi connectivity index (χ1v) is 25.8. The Hall–Kier alpha value is -6.29. The SMILES string of the molecule is CCC1=C(C)c2cc3[nH]c(c(C)c3CC)c(Br)c3nc(c4c5[nH]c(cc1n2)c(C)c5C(=O)C4)[C@@H](CCC(=O)NCCCCCCNC(=O)C(CCN(CC(=O)O)CN(CC(=O)O)CC(=O)O)NCC(=O)O)[C@@H]3C. The molecule has 0 radical (unpaired) electrons. The molecule has 8 bridgehead atoms. The van der Waals surface area contributed by atoms with Crippen molar-refractivity contribution in [2.75, 3.05) is 52.5 Å². The molecule has 0 aromatic carbocycles. The van der Waals surface area contributed by atoms with E-state index in [2.05, 4.69) is 88.6 Å². The highest BCUT2D eigenvalue weighted by molar-refractivity contribution is 9.10. The van der Waals surface area contributed by atoms with Crippen LogP contribution in [0.2, 0.25) is 0 Å². The second-order valence-corrected chi connectivity index (χ2v) is 19.9. The predicted molar refractivity (Wildman–Crippen MR) is 278 cm³/mol. The molecule has 3 aliphatic rings. The molecule has 1 unspecified atom stereocenters. The Kier molecular flexibility index (Phi) is 19.3. The van der Waals surface area contributed by atoms with E-state index in [0.29, 0.717) is 31.4 Å². The Morgan fingerprint density at radius 2 is 1.41 bits per heavy atom. The molecule has 2 amide bonds. The number of H-pyrrole nitrogens is 2. The van der Waals surface area contributed by atoms with Crippen molar-refractivity contribution < 1.29 is 54.0 Å². The number of hydrogen-bond donors (Lipinski definition) is 9. The van der Waals surface area contributed by atoms with E-state index in [1.54, 1.807) is 0 Å². The van der Waals surface area contributed by atoms with E-state index in [4.69, 9.17) is 9.97 Å². The maximum atomic E-state index is 13.9. The fourth-order valence-electron chi connectivity index (χ4n) is 10.3. The Morgan fingerprint density at radius 3 is 2.04 bits per heavy atom. The standard InChI is InChI=1S/C52H68BrN9O11/c1-7-31-27(3)36-20-39-32(8-2)28(4)48(59-39)47(53)49-29(5)33(50(60-49)34-19-40(63)46-30(6)37(58-51(34)46)21-38(31)57-36)13-14-41(64)54-16-11-9-10-12-17-55-52(73)35(56-22-42(65)66)15-18-61(23-43(67)68)26-62(24-44(69)70)25-45(71)72/h20-21,29,33,35,56,58-59H,7-19,22-26H2,1-6H3,(H,54,64)(H,55,73)(H,65,66)(H,67,68)(H,69,70)(H,71,72)/t29-,33-,35?/m0/s1. The molecule has 9 N–H and O–H groups in total. The van der Waals surface area contributed by atoms with Gasteiger partial charge in [-0.2, -0.15) is 0 Å². The minimum Gasteiger partial charge on any atom is -0.480 e. The number of carboxylic acids is 4. The first-order valence-electron chi connectivity index (χ1n) is 25.0. The predicted octanol–water partition coefficient (Wildman–Crippen LogP) is 6.04. The third-order valence-electron chi connectivity index (χ3n) is 14.1. The van der Waals surface area contributed by atoms with E-state index >= 15 is 0 Å². The summed E-state index contributed by atoms with van der Waals surface area (Å²) in [7, 11) is 0. The first-order chi connectivity index (χ1) is 34.7. The number of unbranched alkanes of at least 4 members (excludes halogenated alkanes) is 3. The number of hydrogen-bond acceptors (Lipinski definition) is 12. The van der Waals surface area contributed by atoms with Crippen LogP contribution in [-0.4, -0.2) is 150 Å². The van der Waals surface area contributed by atoms with Gasteiger partial charge in [0.15, 0.2) is 5.78 Å². The van der Waals surface area contributed by atoms with E-state index in [1.807, 2.05) is 6.92 Å². The van der Waals surface area contributed by atoms with Gasteiger partial charge >= 0.3 is 23.9 Å². The van der Waals surface area contributed by atoms with Gasteiger partial charge in [-0.1, -0.05) is 33.6 Å². The van der Waals surface area contributed by atoms with Crippen LogP contribution in [0.15, 0.2) is 16.6 Å². The number of carbonyl (C=O) groups excluding carboxylic acids is 3. The number of aryl methyl sites for hydroxylation is 3. The molecule has 6 rings (SSSR count). The van der Waals surface area contributed by atoms with E-state index in [1.165, 1.54) is 10.5 Å². The number of carboxylic acid groups (broad SMARTS) is 4. The highest BCUT2D eigenvalue weighted by Crippen LogP contribution is 2.47. The third kappa shape index (κ3) is 13.7. The third-order valence-corrected chi connectivity index (χ3v) is 14.9. The molecular weight excluding hydrogens is 1010 g/mol. The average molecular weight is 1080 g/mol. The molecule has 3 aromatic heterocycles. The maximum Gasteiger partial charge on any atom is 0.317 e. The Bertz CT molecular complexity index is 2840. The Morgan fingerprint density at radius 1 is 0.781 bits per heavy atom. The Balaban J connectivity index is 1.08. The van der Waals surface area contributed by atoms with Gasteiger partial charge in [0, 0.05) is 66.5 Å². The summed E-state index contributed by atoms with van der Waals surface area (Å²) in [5.74, 6) is -5.88. The molecule has 73 heavy (non-hydrogen) atoms. The van der Waals surface area contributed by atoms with Gasteiger partial charge in [0.05, 0.1) is 77.2 Å². The van der Waals surface area contributed by atoms with Gasteiger partial charge in [0.25, 0.3) is 0 Å². The van der Waals surface area contributed by atoms with Crippen LogP contribution in [0.4, 0.5) is 0 Å². The number of fused-ring (bicyclic) bond motifs is 8. The van der Waals surface area contributed by atoms with Gasteiger partial charge in [-0.05, 0) is 115 Å². The van der Waals surface area contributed by atoms with Crippen molar-refractivity contribution in [1.29, 1.82) is 0 Å². The monoisotopic (exact) mass is 1070 g/mol. The highest BCUT2D eigenvalue weighted by atomic mass is 79.9. The van der Waals surface area contributed by atoms with Crippen molar-refractivity contribution in [3.8, 4) is 0 Å². The summed E-state index contributed by atoms with van der Waals surface area (Å²) in [5.41, 5.74) is 14.0. The van der Waals surface area contributed by atoms with Crippen molar-refractivity contribution in [1.82, 2.24) is 45.7 Å². The van der Waals surface area contributed by atoms with Gasteiger partial charge in [-0.25, -0.2) is 4.98 Å². The van der Waals surface area contributed by atoms with Crippen LogP contribution in [0, 0.1) is 13.8 Å². The molecule has 2 aliphatic heterocycles. The molecule has 3 atom stereocenters. The van der Waals surface area contributed by atoms with Crippen LogP contribution in [0.3, 0.4) is 0 Å². The summed E-state index contributed by atoms with van der Waals surface area (Å²) < 4.78 is 0.847. The summed E-state index contributed by atoms with van der Waals surface area (Å²) in [6.07, 6.45) is 5.32. The van der Waals surface area contributed by atoms with E-state index < -0.39 is 62.0 Å². The van der Waals surface area contributed by atoms with Gasteiger partial charge in [-0.3, -0.25) is 53.7 Å². The van der Waals surface area contributed by atoms with Crippen molar-refractivity contribution in [2.24, 2.45) is 0 Å². The molecule has 5 heterocycles. The van der Waals surface area contributed by atoms with Gasteiger partial charge in [0.1, 0.15) is 0 Å². The number of halogens is 1. The van der Waals surface area contributed by atoms with Gasteiger partial charge in [0.2, 0.25) is 11.8 Å². The number of amides is 2. The van der Waals surface area contributed by atoms with E-state index in [0.717, 1.165) is 108 Å². The van der Waals surface area contributed by atoms with Crippen LogP contribution < -0.4 is 16.0 Å². The number of rotatable bonds is 27. The summed E-state index contributed by atoms with van der Waals surface area (Å²) >= 11 is 3.98. The second kappa shape index (κ2) is 25.1. The lowest BCUT2D eigenvalue weighted by atomic mass is 9.85. The number of ketones is 1. The number of aliphatic carboxylic acids is 4. The number of Topliss-reactive ketones (excluding diaryl/α,β-unsaturated/α-hetero) is 1. The summed E-state index contributed by atoms with van der Waals surface area (Å²) in [6.45, 7) is 10.5. The van der Waals surface area contributed by atoms with Crippen LogP contribution in [0.5, 0.6) is 0 Å². The van der Waals surface area contributed by atoms with E-state index in [-0.39, 0.29) is 62.5 Å². The molecule has 21 heteroatoms. The molecule has 0 spiro atoms. The van der Waals surface area contributed by atoms with Gasteiger partial charge < -0.3 is 41.0 Å². The number of aromatic amines is 2. The second-order valence-electron chi connectivity index (χ2n) is 19.2. The molecule has 0 saturated carbocycles. The molecule has 3 aromatic rings. The lowest BCUT2D eigenvalue weighted by molar-refractivity contribution is -0.143. The van der Waals surface area contributed by atoms with Crippen molar-refractivity contribution in [2.45, 2.75) is 124 Å². The van der Waals surface area contributed by atoms with Crippen molar-refractivity contribution >= 4 is 90.6 Å². The summed E-state index contributed by atoms with van der Waals surface area (Å²) in [4.78, 5) is 106. The van der Waals surface area contributed by atoms with Gasteiger partial charge in [-0.15, -0.1) is 0 Å². The van der Waals surface area contributed by atoms with Crippen LogP contribution in [0.25, 0.3) is 33.2 Å². The fraction of sp³-hybridized carbons (Fsp3) is 0.519. The number of aromatic nitrogens is 4. The number of nitrogens with one attached hydrogen (secondary N) is 5. The highest BCUT2D eigenvalue weighted by Gasteiger charge is 2.37. The normalized spacial score (nSPS) is 15.6. The number of carbonyl (C=O) groups is 7. The molecule has 0 saturated heterocycles. The molecule has 20 nitrogen and oxygen atoms in total. The van der Waals surface area contributed by atoms with Crippen molar-refractivity contribution in [3.63, 3.8) is 0 Å². The zero-order valence-corrected chi connectivity index (χ0v) is 44.0. The quantitative estimate of drug-likeness (QED) is 0.0310. The Labute approximate surface area is 432 Å². The van der Waals surface area contributed by atoms with Crippen LogP contribution in [-0.2, 0) is 41.6 Å². The zero-order valence-electron chi connectivity index (χ0n) is 42.4. The lowest BCUT2D eigenvalue weighted by Gasteiger charge is -2.28. The summed E-state index contributed by atoms with van der Waals surface area (Å²) in [5, 5.41) is 45.6. The zero-order chi connectivity index (χ0) is 53.3. The van der Waals surface area contributed by atoms with E-state index in [9.17, 15) is 54.0 Å². The summed E-state index contributed by atoms with van der Waals surface area (Å²) in [6, 6.07) is 3.16. The number of allylic oxidation sites excluding steroid dienone is 2. The fourth-order valence-corrected chi connectivity index (χ4v) is 11.2. The topological polar surface area (TPSA) is 300 Å². The molecular formula is C52H68BrN9O11. The maximum absolute atomic E-state index is 13.9. The average Bonchev–Trinajstić information content (AvgIpc) is 4.09. The van der Waals surface area contributed by atoms with Crippen molar-refractivity contribution in [3.05, 3.63) is 67.2 Å². The minimum absolute atomic E-state index is 0.0363. The lowest BCUT2D eigenvalue weighted by Crippen LogP contribution is -2.49. The van der Waals surface area contributed by atoms with Crippen LogP contribution >= 0.6 is 15.9 Å². The first kappa shape index (κ1) is 56.0. The minimum atomic E-state index is -1.31. The molecule has 394 valence electrons. The molecule has 0 fully saturated rings. The molecule has 1 aliphatic carbocycles. The largest absolute Gasteiger partial charge is 0.480 e. The smallest absolute Gasteiger partial charge is 0.317 e. The number of nitrogens with zero attached hydrogens (tertiary/aromatic N) is 4.